The lowest BCUT2D eigenvalue weighted by Gasteiger charge is -2.38. The second-order valence-electron chi connectivity index (χ2n) is 9.06. The number of likely N-dealkylation sites (tertiary alicyclic amines) is 1. The highest BCUT2D eigenvalue weighted by Gasteiger charge is 2.33. The number of sulfone groups is 1. The van der Waals surface area contributed by atoms with Gasteiger partial charge in [0.2, 0.25) is 5.43 Å². The lowest BCUT2D eigenvalue weighted by Crippen LogP contribution is -2.50. The van der Waals surface area contributed by atoms with Crippen LogP contribution < -0.4 is 5.43 Å². The van der Waals surface area contributed by atoms with Gasteiger partial charge in [-0.15, -0.1) is 0 Å². The molecular formula is C21H34N4O4S. The second-order valence-corrected chi connectivity index (χ2v) is 11.3. The molecule has 1 unspecified atom stereocenters. The Hall–Kier alpha value is -1.42. The third-order valence-corrected chi connectivity index (χ3v) is 8.73. The zero-order chi connectivity index (χ0) is 21.3. The Balaban J connectivity index is 1.41. The van der Waals surface area contributed by atoms with Crippen molar-refractivity contribution in [1.29, 1.82) is 0 Å². The van der Waals surface area contributed by atoms with Crippen LogP contribution in [0.3, 0.4) is 0 Å². The van der Waals surface area contributed by atoms with E-state index in [4.69, 9.17) is 0 Å². The molecule has 30 heavy (non-hydrogen) atoms. The predicted octanol–water partition coefficient (Wildman–Crippen LogP) is 0.382. The summed E-state index contributed by atoms with van der Waals surface area (Å²) in [5.74, 6) is 0.433. The number of hydrogen-bond donors (Lipinski definition) is 1. The minimum Gasteiger partial charge on any atom is -0.503 e. The van der Waals surface area contributed by atoms with Gasteiger partial charge >= 0.3 is 0 Å². The Labute approximate surface area is 179 Å². The van der Waals surface area contributed by atoms with Gasteiger partial charge in [-0.05, 0) is 32.4 Å². The van der Waals surface area contributed by atoms with Crippen molar-refractivity contribution in [2.24, 2.45) is 7.05 Å². The average molecular weight is 439 g/mol. The summed E-state index contributed by atoms with van der Waals surface area (Å²) < 4.78 is 25.5. The summed E-state index contributed by atoms with van der Waals surface area (Å²) in [5.41, 5.74) is 1.32. The van der Waals surface area contributed by atoms with Gasteiger partial charge in [0, 0.05) is 64.1 Å². The van der Waals surface area contributed by atoms with Crippen LogP contribution >= 0.6 is 0 Å². The van der Waals surface area contributed by atoms with Crippen LogP contribution in [0, 0.1) is 0 Å². The molecule has 9 heteroatoms. The van der Waals surface area contributed by atoms with E-state index in [-0.39, 0.29) is 23.0 Å². The maximum Gasteiger partial charge on any atom is 0.223 e. The van der Waals surface area contributed by atoms with Crippen molar-refractivity contribution in [3.05, 3.63) is 27.7 Å². The molecule has 3 aliphatic heterocycles. The van der Waals surface area contributed by atoms with Crippen LogP contribution in [0.2, 0.25) is 0 Å². The molecule has 0 aliphatic carbocycles. The topological polar surface area (TPSA) is 86.1 Å². The van der Waals surface area contributed by atoms with Crippen molar-refractivity contribution in [3.8, 4) is 5.75 Å². The van der Waals surface area contributed by atoms with Crippen LogP contribution in [0.25, 0.3) is 0 Å². The summed E-state index contributed by atoms with van der Waals surface area (Å²) in [6.45, 7) is 6.64. The van der Waals surface area contributed by atoms with E-state index in [1.54, 1.807) is 6.07 Å². The smallest absolute Gasteiger partial charge is 0.223 e. The Morgan fingerprint density at radius 2 is 1.67 bits per heavy atom. The SMILES string of the molecule is Cn1c(CN2CCCCC2)cc(=O)c(O)c1CN1CCN(C2CCS(=O)(=O)C2)CC1. The normalized spacial score (nSPS) is 26.2. The molecule has 0 amide bonds. The quantitative estimate of drug-likeness (QED) is 0.711. The van der Waals surface area contributed by atoms with E-state index in [2.05, 4.69) is 14.7 Å². The van der Waals surface area contributed by atoms with Crippen molar-refractivity contribution >= 4 is 9.84 Å². The first kappa shape index (κ1) is 21.8. The van der Waals surface area contributed by atoms with E-state index >= 15 is 0 Å². The molecule has 0 spiro atoms. The van der Waals surface area contributed by atoms with E-state index in [1.807, 2.05) is 11.6 Å². The highest BCUT2D eigenvalue weighted by Crippen LogP contribution is 2.22. The molecule has 1 aromatic rings. The molecule has 8 nitrogen and oxygen atoms in total. The van der Waals surface area contributed by atoms with Gasteiger partial charge in [-0.1, -0.05) is 6.42 Å². The van der Waals surface area contributed by atoms with E-state index in [0.29, 0.717) is 18.0 Å². The summed E-state index contributed by atoms with van der Waals surface area (Å²) in [5, 5.41) is 10.5. The highest BCUT2D eigenvalue weighted by atomic mass is 32.2. The second kappa shape index (κ2) is 8.98. The van der Waals surface area contributed by atoms with Gasteiger partial charge in [-0.2, -0.15) is 0 Å². The van der Waals surface area contributed by atoms with Gasteiger partial charge in [0.25, 0.3) is 0 Å². The molecule has 0 radical (unpaired) electrons. The van der Waals surface area contributed by atoms with E-state index in [1.165, 1.54) is 19.3 Å². The van der Waals surface area contributed by atoms with E-state index < -0.39 is 9.84 Å². The first-order valence-electron chi connectivity index (χ1n) is 11.1. The number of nitrogens with zero attached hydrogens (tertiary/aromatic N) is 4. The molecule has 0 saturated carbocycles. The van der Waals surface area contributed by atoms with E-state index in [0.717, 1.165) is 57.9 Å². The molecule has 0 aromatic carbocycles. The van der Waals surface area contributed by atoms with Crippen LogP contribution in [0.15, 0.2) is 10.9 Å². The Kier molecular flexibility index (Phi) is 6.53. The van der Waals surface area contributed by atoms with Gasteiger partial charge in [-0.3, -0.25) is 19.5 Å². The zero-order valence-corrected chi connectivity index (χ0v) is 18.7. The summed E-state index contributed by atoms with van der Waals surface area (Å²) in [7, 11) is -0.932. The fourth-order valence-corrected chi connectivity index (χ4v) is 6.79. The Bertz CT molecular complexity index is 916. The first-order valence-corrected chi connectivity index (χ1v) is 12.9. The van der Waals surface area contributed by atoms with Gasteiger partial charge in [0.05, 0.1) is 17.2 Å². The monoisotopic (exact) mass is 438 g/mol. The molecule has 1 atom stereocenters. The number of aromatic nitrogens is 1. The fourth-order valence-electron chi connectivity index (χ4n) is 5.03. The number of piperidine rings is 1. The van der Waals surface area contributed by atoms with Gasteiger partial charge < -0.3 is 9.67 Å². The molecule has 1 N–H and O–H groups in total. The number of pyridine rings is 1. The Morgan fingerprint density at radius 1 is 1.00 bits per heavy atom. The summed E-state index contributed by atoms with van der Waals surface area (Å²) >= 11 is 0. The van der Waals surface area contributed by atoms with Crippen LogP contribution in [-0.2, 0) is 30.0 Å². The van der Waals surface area contributed by atoms with Crippen LogP contribution in [0.5, 0.6) is 5.75 Å². The minimum absolute atomic E-state index is 0.141. The number of hydrogen-bond acceptors (Lipinski definition) is 7. The van der Waals surface area contributed by atoms with Gasteiger partial charge in [-0.25, -0.2) is 8.42 Å². The van der Waals surface area contributed by atoms with Gasteiger partial charge in [0.1, 0.15) is 0 Å². The lowest BCUT2D eigenvalue weighted by atomic mass is 10.1. The van der Waals surface area contributed by atoms with Crippen molar-refractivity contribution in [1.82, 2.24) is 19.3 Å². The first-order chi connectivity index (χ1) is 14.3. The molecule has 3 saturated heterocycles. The molecule has 4 rings (SSSR count). The van der Waals surface area contributed by atoms with Crippen molar-refractivity contribution < 1.29 is 13.5 Å². The molecule has 4 heterocycles. The average Bonchev–Trinajstić information content (AvgIpc) is 3.10. The molecule has 3 fully saturated rings. The maximum atomic E-state index is 12.4. The molecule has 3 aliphatic rings. The van der Waals surface area contributed by atoms with Gasteiger partial charge in [0.15, 0.2) is 15.6 Å². The van der Waals surface area contributed by atoms with Crippen molar-refractivity contribution in [2.75, 3.05) is 50.8 Å². The lowest BCUT2D eigenvalue weighted by molar-refractivity contribution is 0.0976. The molecule has 0 bridgehead atoms. The fraction of sp³-hybridized carbons (Fsp3) is 0.762. The Morgan fingerprint density at radius 3 is 2.30 bits per heavy atom. The standard InChI is InChI=1S/C21H34N4O4S/c1-22-18(14-23-6-3-2-4-7-23)13-20(26)21(27)19(22)15-24-8-10-25(11-9-24)17-5-12-30(28,29)16-17/h13,17,27H,2-12,14-16H2,1H3. The third-order valence-electron chi connectivity index (χ3n) is 6.98. The summed E-state index contributed by atoms with van der Waals surface area (Å²) in [4.78, 5) is 19.3. The number of rotatable bonds is 5. The number of piperazine rings is 1. The van der Waals surface area contributed by atoms with Crippen LogP contribution in [-0.4, -0.2) is 89.6 Å². The van der Waals surface area contributed by atoms with Crippen LogP contribution in [0.1, 0.15) is 37.1 Å². The molecular weight excluding hydrogens is 404 g/mol. The van der Waals surface area contributed by atoms with Crippen molar-refractivity contribution in [2.45, 2.75) is 44.8 Å². The third kappa shape index (κ3) is 4.90. The molecule has 168 valence electrons. The minimum atomic E-state index is -2.87. The van der Waals surface area contributed by atoms with Crippen LogP contribution in [0.4, 0.5) is 0 Å². The van der Waals surface area contributed by atoms with Crippen molar-refractivity contribution in [3.63, 3.8) is 0 Å². The molecule has 1 aromatic heterocycles. The zero-order valence-electron chi connectivity index (χ0n) is 17.9. The highest BCUT2D eigenvalue weighted by molar-refractivity contribution is 7.91. The van der Waals surface area contributed by atoms with E-state index in [9.17, 15) is 18.3 Å². The summed E-state index contributed by atoms with van der Waals surface area (Å²) in [6, 6.07) is 1.72. The maximum absolute atomic E-state index is 12.4. The number of aromatic hydroxyl groups is 1. The summed E-state index contributed by atoms with van der Waals surface area (Å²) in [6.07, 6.45) is 4.40. The largest absolute Gasteiger partial charge is 0.503 e. The predicted molar refractivity (Wildman–Crippen MR) is 116 cm³/mol.